The van der Waals surface area contributed by atoms with E-state index in [0.717, 1.165) is 53.4 Å². The van der Waals surface area contributed by atoms with E-state index in [1.165, 1.54) is 0 Å². The van der Waals surface area contributed by atoms with Gasteiger partial charge in [-0.05, 0) is 53.3 Å². The SMILES string of the molecule is Bc1c(Br)c(Br)c(Oc2c(B)c(Br)c(Br)c(B)c2Br)c(Br)c1Br. The van der Waals surface area contributed by atoms with Crippen LogP contribution in [0.15, 0.2) is 31.3 Å². The van der Waals surface area contributed by atoms with Crippen LogP contribution in [0.5, 0.6) is 11.5 Å². The van der Waals surface area contributed by atoms with E-state index in [4.69, 9.17) is 4.74 Å². The van der Waals surface area contributed by atoms with E-state index in [0.29, 0.717) is 5.75 Å². The standard InChI is InChI=1S/C12H6B3Br7O/c13-1-5(17)9(21)12(10(22)6(1)18)23-11-3(15)7(19)4(16)2(14)8(11)20/h13-15H2. The van der Waals surface area contributed by atoms with Crippen LogP contribution >= 0.6 is 112 Å². The van der Waals surface area contributed by atoms with E-state index in [-0.39, 0.29) is 0 Å². The van der Waals surface area contributed by atoms with Crippen LogP contribution in [0.1, 0.15) is 0 Å². The predicted molar refractivity (Wildman–Crippen MR) is 131 cm³/mol. The second-order valence-electron chi connectivity index (χ2n) is 4.83. The highest BCUT2D eigenvalue weighted by atomic mass is 79.9. The Morgan fingerprint density at radius 2 is 0.783 bits per heavy atom. The van der Waals surface area contributed by atoms with Gasteiger partial charge in [0.25, 0.3) is 0 Å². The monoisotopic (exact) mass is 751 g/mol. The molecule has 0 bridgehead atoms. The summed E-state index contributed by atoms with van der Waals surface area (Å²) >= 11 is 25.3. The van der Waals surface area contributed by atoms with Crippen molar-refractivity contribution in [3.8, 4) is 11.5 Å². The second-order valence-corrected chi connectivity index (χ2v) is 10.4. The molecule has 118 valence electrons. The smallest absolute Gasteiger partial charge is 0.158 e. The van der Waals surface area contributed by atoms with E-state index in [9.17, 15) is 0 Å². The van der Waals surface area contributed by atoms with E-state index in [2.05, 4.69) is 112 Å². The van der Waals surface area contributed by atoms with Gasteiger partial charge in [-0.15, -0.1) is 0 Å². The lowest BCUT2D eigenvalue weighted by atomic mass is 9.88. The molecule has 0 radical (unpaired) electrons. The number of ether oxygens (including phenoxy) is 1. The summed E-state index contributed by atoms with van der Waals surface area (Å²) in [6.45, 7) is 0. The van der Waals surface area contributed by atoms with Crippen LogP contribution in [0.4, 0.5) is 0 Å². The van der Waals surface area contributed by atoms with Crippen molar-refractivity contribution in [1.29, 1.82) is 0 Å². The highest BCUT2D eigenvalue weighted by molar-refractivity contribution is 9.14. The molecule has 0 saturated carbocycles. The molecule has 0 fully saturated rings. The van der Waals surface area contributed by atoms with Crippen molar-refractivity contribution >= 4 is 151 Å². The van der Waals surface area contributed by atoms with Crippen molar-refractivity contribution in [2.45, 2.75) is 0 Å². The quantitative estimate of drug-likeness (QED) is 0.337. The van der Waals surface area contributed by atoms with Gasteiger partial charge in [-0.25, -0.2) is 0 Å². The summed E-state index contributed by atoms with van der Waals surface area (Å²) in [6, 6.07) is 0. The first-order valence-electron chi connectivity index (χ1n) is 6.23. The molecule has 2 aromatic rings. The topological polar surface area (TPSA) is 9.23 Å². The molecule has 0 amide bonds. The lowest BCUT2D eigenvalue weighted by Crippen LogP contribution is -2.20. The summed E-state index contributed by atoms with van der Waals surface area (Å²) in [4.78, 5) is 0. The van der Waals surface area contributed by atoms with E-state index < -0.39 is 0 Å². The largest absolute Gasteiger partial charge is 0.454 e. The first-order chi connectivity index (χ1) is 10.6. The summed E-state index contributed by atoms with van der Waals surface area (Å²) in [7, 11) is 6.06. The van der Waals surface area contributed by atoms with Gasteiger partial charge in [-0.1, -0.05) is 74.6 Å². The number of benzene rings is 2. The number of hydrogen-bond donors (Lipinski definition) is 0. The minimum Gasteiger partial charge on any atom is -0.454 e. The van der Waals surface area contributed by atoms with E-state index in [1.807, 2.05) is 23.5 Å². The van der Waals surface area contributed by atoms with Crippen molar-refractivity contribution < 1.29 is 4.74 Å². The molecule has 0 spiro atoms. The fourth-order valence-electron chi connectivity index (χ4n) is 1.89. The molecule has 0 aliphatic carbocycles. The molecule has 1 nitrogen and oxygen atoms in total. The molecule has 2 aromatic carbocycles. The zero-order valence-electron chi connectivity index (χ0n) is 12.1. The Labute approximate surface area is 196 Å². The Bertz CT molecular complexity index is 700. The average molecular weight is 758 g/mol. The first kappa shape index (κ1) is 21.1. The third-order valence-electron chi connectivity index (χ3n) is 3.37. The summed E-state index contributed by atoms with van der Waals surface area (Å²) in [6.07, 6.45) is 0. The van der Waals surface area contributed by atoms with E-state index >= 15 is 0 Å². The number of rotatable bonds is 2. The van der Waals surface area contributed by atoms with Crippen LogP contribution in [0.2, 0.25) is 0 Å². The maximum Gasteiger partial charge on any atom is 0.158 e. The zero-order chi connectivity index (χ0) is 17.6. The highest BCUT2D eigenvalue weighted by Crippen LogP contribution is 2.45. The minimum absolute atomic E-state index is 0.701. The van der Waals surface area contributed by atoms with Crippen molar-refractivity contribution in [2.24, 2.45) is 0 Å². The Morgan fingerprint density at radius 1 is 0.435 bits per heavy atom. The minimum atomic E-state index is 0.701. The maximum absolute atomic E-state index is 6.28. The molecular formula is C12H6B3Br7O. The van der Waals surface area contributed by atoms with Gasteiger partial charge >= 0.3 is 0 Å². The molecule has 0 aromatic heterocycles. The molecule has 0 unspecified atom stereocenters. The summed E-state index contributed by atoms with van der Waals surface area (Å²) in [5, 5.41) is 0. The molecule has 0 atom stereocenters. The van der Waals surface area contributed by atoms with Gasteiger partial charge in [0, 0.05) is 17.9 Å². The van der Waals surface area contributed by atoms with Gasteiger partial charge in [0.05, 0.1) is 13.4 Å². The Balaban J connectivity index is 2.71. The van der Waals surface area contributed by atoms with Crippen molar-refractivity contribution in [2.75, 3.05) is 0 Å². The van der Waals surface area contributed by atoms with Gasteiger partial charge in [0.2, 0.25) is 0 Å². The van der Waals surface area contributed by atoms with Crippen molar-refractivity contribution in [1.82, 2.24) is 0 Å². The Morgan fingerprint density at radius 3 is 1.26 bits per heavy atom. The first-order valence-corrected chi connectivity index (χ1v) is 11.8. The number of hydrogen-bond acceptors (Lipinski definition) is 1. The van der Waals surface area contributed by atoms with Gasteiger partial charge < -0.3 is 4.74 Å². The normalized spacial score (nSPS) is 10.9. The lowest BCUT2D eigenvalue weighted by Gasteiger charge is -2.20. The van der Waals surface area contributed by atoms with Crippen LogP contribution in [-0.2, 0) is 0 Å². The van der Waals surface area contributed by atoms with Crippen molar-refractivity contribution in [3.05, 3.63) is 31.3 Å². The molecular weight excluding hydrogens is 752 g/mol. The lowest BCUT2D eigenvalue weighted by molar-refractivity contribution is 0.477. The maximum atomic E-state index is 6.28. The van der Waals surface area contributed by atoms with Gasteiger partial charge in [0.15, 0.2) is 5.75 Å². The molecule has 0 N–H and O–H groups in total. The molecule has 0 aliphatic heterocycles. The molecule has 0 heterocycles. The number of halogens is 7. The van der Waals surface area contributed by atoms with Gasteiger partial charge in [-0.3, -0.25) is 0 Å². The summed E-state index contributed by atoms with van der Waals surface area (Å²) < 4.78 is 12.8. The van der Waals surface area contributed by atoms with Gasteiger partial charge in [-0.2, -0.15) is 0 Å². The average Bonchev–Trinajstić information content (AvgIpc) is 2.54. The molecule has 0 saturated heterocycles. The molecule has 23 heavy (non-hydrogen) atoms. The van der Waals surface area contributed by atoms with Crippen LogP contribution in [-0.4, -0.2) is 23.5 Å². The highest BCUT2D eigenvalue weighted by Gasteiger charge is 2.22. The van der Waals surface area contributed by atoms with Crippen LogP contribution in [0.25, 0.3) is 0 Å². The third kappa shape index (κ3) is 3.91. The van der Waals surface area contributed by atoms with E-state index in [1.54, 1.807) is 0 Å². The third-order valence-corrected chi connectivity index (χ3v) is 11.4. The molecule has 0 aliphatic rings. The van der Waals surface area contributed by atoms with Crippen LogP contribution in [0, 0.1) is 0 Å². The molecule has 2 rings (SSSR count). The predicted octanol–water partition coefficient (Wildman–Crippen LogP) is 3.59. The summed E-state index contributed by atoms with van der Waals surface area (Å²) in [5.74, 6) is 1.47. The Hall–Kier alpha value is 1.79. The summed E-state index contributed by atoms with van der Waals surface area (Å²) in [5.41, 5.74) is 3.15. The Kier molecular flexibility index (Phi) is 7.54. The zero-order valence-corrected chi connectivity index (χ0v) is 23.2. The molecule has 11 heteroatoms. The van der Waals surface area contributed by atoms with Gasteiger partial charge in [0.1, 0.15) is 29.3 Å². The van der Waals surface area contributed by atoms with Crippen LogP contribution in [0.3, 0.4) is 0 Å². The van der Waals surface area contributed by atoms with Crippen molar-refractivity contribution in [3.63, 3.8) is 0 Å². The fourth-order valence-corrected chi connectivity index (χ4v) is 6.15. The fraction of sp³-hybridized carbons (Fsp3) is 0. The second kappa shape index (κ2) is 8.21. The van der Waals surface area contributed by atoms with Crippen LogP contribution < -0.4 is 21.1 Å².